The maximum atomic E-state index is 10.5. The largest absolute Gasteiger partial charge is 0.392 e. The van der Waals surface area contributed by atoms with Gasteiger partial charge >= 0.3 is 0 Å². The molecule has 1 unspecified atom stereocenters. The molecule has 6 heteroatoms. The van der Waals surface area contributed by atoms with Crippen LogP contribution in [-0.2, 0) is 6.61 Å². The molecule has 2 aromatic heterocycles. The molecule has 0 aliphatic carbocycles. The number of imidazole rings is 1. The minimum absolute atomic E-state index is 0.222. The quantitative estimate of drug-likeness (QED) is 0.550. The zero-order valence-corrected chi connectivity index (χ0v) is 17.8. The van der Waals surface area contributed by atoms with Crippen molar-refractivity contribution >= 4 is 22.5 Å². The molecule has 2 aromatic carbocycles. The summed E-state index contributed by atoms with van der Waals surface area (Å²) < 4.78 is 2.12. The number of benzene rings is 2. The smallest absolute Gasteiger partial charge is 0.157 e. The molecule has 1 atom stereocenters. The summed E-state index contributed by atoms with van der Waals surface area (Å²) >= 11 is 0. The molecular weight excluding hydrogens is 386 g/mol. The molecule has 3 heterocycles. The van der Waals surface area contributed by atoms with Crippen molar-refractivity contribution in [2.24, 2.45) is 0 Å². The number of fused-ring (bicyclic) bond motifs is 3. The summed E-state index contributed by atoms with van der Waals surface area (Å²) in [5.74, 6) is 0.995. The molecule has 156 valence electrons. The van der Waals surface area contributed by atoms with Crippen molar-refractivity contribution in [1.82, 2.24) is 14.3 Å². The van der Waals surface area contributed by atoms with Gasteiger partial charge in [-0.3, -0.25) is 9.30 Å². The second-order valence-corrected chi connectivity index (χ2v) is 8.23. The molecule has 1 N–H and O–H groups in total. The van der Waals surface area contributed by atoms with Crippen molar-refractivity contribution in [1.29, 1.82) is 5.26 Å². The fraction of sp³-hybridized carbons (Fsp3) is 0.280. The molecular formula is C25H25N5O. The van der Waals surface area contributed by atoms with E-state index in [1.165, 1.54) is 0 Å². The van der Waals surface area contributed by atoms with Crippen molar-refractivity contribution in [3.63, 3.8) is 0 Å². The van der Waals surface area contributed by atoms with Gasteiger partial charge in [0, 0.05) is 17.7 Å². The third-order valence-electron chi connectivity index (χ3n) is 6.24. The summed E-state index contributed by atoms with van der Waals surface area (Å²) in [6.07, 6.45) is 2.37. The van der Waals surface area contributed by atoms with Gasteiger partial charge in [-0.25, -0.2) is 4.98 Å². The van der Waals surface area contributed by atoms with Gasteiger partial charge < -0.3 is 10.0 Å². The third kappa shape index (κ3) is 2.97. The van der Waals surface area contributed by atoms with Crippen molar-refractivity contribution in [3.05, 3.63) is 65.7 Å². The molecule has 0 spiro atoms. The fourth-order valence-corrected chi connectivity index (χ4v) is 4.90. The van der Waals surface area contributed by atoms with Gasteiger partial charge in [-0.1, -0.05) is 42.5 Å². The van der Waals surface area contributed by atoms with E-state index in [-0.39, 0.29) is 12.8 Å². The molecule has 0 amide bonds. The van der Waals surface area contributed by atoms with Gasteiger partial charge in [-0.05, 0) is 44.6 Å². The van der Waals surface area contributed by atoms with Crippen molar-refractivity contribution in [2.45, 2.75) is 25.6 Å². The maximum Gasteiger partial charge on any atom is 0.157 e. The number of aliphatic hydroxyl groups is 1. The minimum Gasteiger partial charge on any atom is -0.392 e. The lowest BCUT2D eigenvalue weighted by Crippen LogP contribution is -2.41. The highest BCUT2D eigenvalue weighted by Gasteiger charge is 2.33. The number of hydrogen-bond acceptors (Lipinski definition) is 5. The van der Waals surface area contributed by atoms with Gasteiger partial charge in [-0.2, -0.15) is 5.26 Å². The molecule has 1 aliphatic rings. The summed E-state index contributed by atoms with van der Waals surface area (Å²) in [5, 5.41) is 20.6. The van der Waals surface area contributed by atoms with E-state index in [1.807, 2.05) is 54.6 Å². The molecule has 6 nitrogen and oxygen atoms in total. The lowest BCUT2D eigenvalue weighted by molar-refractivity contribution is 0.281. The lowest BCUT2D eigenvalue weighted by atomic mass is 9.96. The average Bonchev–Trinajstić information content (AvgIpc) is 3.43. The molecule has 0 bridgehead atoms. The highest BCUT2D eigenvalue weighted by molar-refractivity contribution is 5.92. The van der Waals surface area contributed by atoms with E-state index in [0.717, 1.165) is 47.4 Å². The fourth-order valence-electron chi connectivity index (χ4n) is 4.90. The van der Waals surface area contributed by atoms with E-state index in [9.17, 15) is 10.4 Å². The van der Waals surface area contributed by atoms with Crippen LogP contribution in [0.25, 0.3) is 27.8 Å². The Morgan fingerprint density at radius 3 is 2.58 bits per heavy atom. The second kappa shape index (κ2) is 7.69. The number of hydrogen-bond donors (Lipinski definition) is 1. The van der Waals surface area contributed by atoms with Gasteiger partial charge in [0.1, 0.15) is 17.5 Å². The molecule has 5 rings (SSSR count). The first kappa shape index (κ1) is 19.6. The highest BCUT2D eigenvalue weighted by atomic mass is 16.3. The number of aliphatic hydroxyl groups excluding tert-OH is 1. The molecule has 0 saturated carbocycles. The Balaban J connectivity index is 2.00. The number of anilines is 1. The first-order valence-corrected chi connectivity index (χ1v) is 10.6. The van der Waals surface area contributed by atoms with Crippen molar-refractivity contribution in [2.75, 3.05) is 25.5 Å². The predicted octanol–water partition coefficient (Wildman–Crippen LogP) is 4.01. The van der Waals surface area contributed by atoms with E-state index in [1.54, 1.807) is 0 Å². The first-order valence-electron chi connectivity index (χ1n) is 10.6. The van der Waals surface area contributed by atoms with Crippen LogP contribution in [-0.4, -0.2) is 46.2 Å². The van der Waals surface area contributed by atoms with Crippen LogP contribution in [0.1, 0.15) is 24.0 Å². The molecule has 1 saturated heterocycles. The van der Waals surface area contributed by atoms with E-state index < -0.39 is 0 Å². The number of nitrogens with zero attached hydrogens (tertiary/aromatic N) is 5. The highest BCUT2D eigenvalue weighted by Crippen LogP contribution is 2.42. The summed E-state index contributed by atoms with van der Waals surface area (Å²) in [6, 6.07) is 20.4. The van der Waals surface area contributed by atoms with Gasteiger partial charge in [0.15, 0.2) is 5.65 Å². The van der Waals surface area contributed by atoms with Crippen LogP contribution in [0.3, 0.4) is 0 Å². The standard InChI is InChI=1S/C25H25N5O/c1-28(2)22-13-8-14-29(22)25-23(17-9-4-3-5-10-17)19(16-31)18(15-26)24-27-20-11-6-7-12-21(20)30(24)25/h3-7,9-12,22,31H,8,13-14,16H2,1-2H3. The van der Waals surface area contributed by atoms with Gasteiger partial charge in [0.25, 0.3) is 0 Å². The Morgan fingerprint density at radius 1 is 1.13 bits per heavy atom. The maximum absolute atomic E-state index is 10.5. The van der Waals surface area contributed by atoms with Crippen LogP contribution in [0.2, 0.25) is 0 Å². The van der Waals surface area contributed by atoms with Gasteiger partial charge in [-0.15, -0.1) is 0 Å². The van der Waals surface area contributed by atoms with Crippen LogP contribution in [0.4, 0.5) is 5.82 Å². The first-order chi connectivity index (χ1) is 15.2. The van der Waals surface area contributed by atoms with Crippen LogP contribution >= 0.6 is 0 Å². The topological polar surface area (TPSA) is 67.8 Å². The van der Waals surface area contributed by atoms with E-state index >= 15 is 0 Å². The predicted molar refractivity (Wildman–Crippen MR) is 123 cm³/mol. The lowest BCUT2D eigenvalue weighted by Gasteiger charge is -2.34. The van der Waals surface area contributed by atoms with Crippen LogP contribution in [0, 0.1) is 11.3 Å². The number of aromatic nitrogens is 2. The Bertz CT molecular complexity index is 1300. The summed E-state index contributed by atoms with van der Waals surface area (Å²) in [6.45, 7) is 0.682. The Hall–Kier alpha value is -3.40. The van der Waals surface area contributed by atoms with Crippen LogP contribution in [0.5, 0.6) is 0 Å². The molecule has 4 aromatic rings. The summed E-state index contributed by atoms with van der Waals surface area (Å²) in [7, 11) is 4.20. The monoisotopic (exact) mass is 411 g/mol. The summed E-state index contributed by atoms with van der Waals surface area (Å²) in [5.41, 5.74) is 5.38. The molecule has 1 fully saturated rings. The van der Waals surface area contributed by atoms with Crippen LogP contribution in [0.15, 0.2) is 54.6 Å². The SMILES string of the molecule is CN(C)C1CCCN1c1c(-c2ccccc2)c(CO)c(C#N)c2nc3ccccc3n12. The number of para-hydroxylation sites is 2. The summed E-state index contributed by atoms with van der Waals surface area (Å²) in [4.78, 5) is 9.47. The average molecular weight is 412 g/mol. The Labute approximate surface area is 181 Å². The number of nitriles is 1. The third-order valence-corrected chi connectivity index (χ3v) is 6.24. The molecule has 1 aliphatic heterocycles. The van der Waals surface area contributed by atoms with E-state index in [0.29, 0.717) is 16.8 Å². The zero-order valence-electron chi connectivity index (χ0n) is 17.8. The number of pyridine rings is 1. The second-order valence-electron chi connectivity index (χ2n) is 8.23. The molecule has 31 heavy (non-hydrogen) atoms. The minimum atomic E-state index is -0.222. The van der Waals surface area contributed by atoms with E-state index in [2.05, 4.69) is 34.4 Å². The Kier molecular flexibility index (Phi) is 4.85. The van der Waals surface area contributed by atoms with Crippen molar-refractivity contribution in [3.8, 4) is 17.2 Å². The molecule has 0 radical (unpaired) electrons. The van der Waals surface area contributed by atoms with E-state index in [4.69, 9.17) is 4.98 Å². The Morgan fingerprint density at radius 2 is 1.87 bits per heavy atom. The van der Waals surface area contributed by atoms with Gasteiger partial charge in [0.2, 0.25) is 0 Å². The zero-order chi connectivity index (χ0) is 21.5. The van der Waals surface area contributed by atoms with Gasteiger partial charge in [0.05, 0.1) is 23.8 Å². The van der Waals surface area contributed by atoms with Crippen molar-refractivity contribution < 1.29 is 5.11 Å². The normalized spacial score (nSPS) is 16.5. The number of rotatable bonds is 4. The van der Waals surface area contributed by atoms with Crippen LogP contribution < -0.4 is 4.90 Å².